The molecule has 19 heavy (non-hydrogen) atoms. The molecule has 2 saturated heterocycles. The third kappa shape index (κ3) is 4.44. The first-order valence-corrected chi connectivity index (χ1v) is 8.35. The highest BCUT2D eigenvalue weighted by Crippen LogP contribution is 2.21. The van der Waals surface area contributed by atoms with E-state index in [9.17, 15) is 5.11 Å². The number of aliphatic hydroxyl groups excluding tert-OH is 1. The van der Waals surface area contributed by atoms with Crippen LogP contribution in [-0.2, 0) is 0 Å². The van der Waals surface area contributed by atoms with E-state index in [1.165, 1.54) is 58.3 Å². The number of piperidine rings is 2. The minimum absolute atomic E-state index is 0.142. The maximum Gasteiger partial charge on any atom is 0.0692 e. The number of likely N-dealkylation sites (tertiary alicyclic amines) is 2. The van der Waals surface area contributed by atoms with Crippen molar-refractivity contribution in [3.8, 4) is 0 Å². The Hall–Kier alpha value is -0.120. The van der Waals surface area contributed by atoms with Gasteiger partial charge in [0, 0.05) is 12.6 Å². The van der Waals surface area contributed by atoms with E-state index < -0.39 is 0 Å². The van der Waals surface area contributed by atoms with Gasteiger partial charge in [0.15, 0.2) is 0 Å². The Morgan fingerprint density at radius 3 is 2.26 bits per heavy atom. The molecule has 0 aromatic rings. The Labute approximate surface area is 119 Å². The molecule has 0 aromatic heterocycles. The molecule has 0 amide bonds. The van der Waals surface area contributed by atoms with Crippen LogP contribution in [0.15, 0.2) is 0 Å². The van der Waals surface area contributed by atoms with E-state index in [1.807, 2.05) is 0 Å². The van der Waals surface area contributed by atoms with Gasteiger partial charge in [-0.3, -0.25) is 0 Å². The van der Waals surface area contributed by atoms with Crippen molar-refractivity contribution in [3.63, 3.8) is 0 Å². The zero-order valence-electron chi connectivity index (χ0n) is 12.9. The molecule has 2 fully saturated rings. The Morgan fingerprint density at radius 2 is 1.68 bits per heavy atom. The van der Waals surface area contributed by atoms with Crippen LogP contribution in [0.3, 0.4) is 0 Å². The Kier molecular flexibility index (Phi) is 6.11. The first-order chi connectivity index (χ1) is 9.20. The fraction of sp³-hybridized carbons (Fsp3) is 1.00. The molecule has 2 atom stereocenters. The highest BCUT2D eigenvalue weighted by atomic mass is 16.3. The lowest BCUT2D eigenvalue weighted by molar-refractivity contribution is 0.0389. The van der Waals surface area contributed by atoms with Crippen molar-refractivity contribution in [2.75, 3.05) is 32.7 Å². The summed E-state index contributed by atoms with van der Waals surface area (Å²) in [6.07, 6.45) is 7.75. The number of aliphatic hydroxyl groups is 1. The predicted octanol–water partition coefficient (Wildman–Crippen LogP) is 2.34. The average molecular weight is 268 g/mol. The Morgan fingerprint density at radius 1 is 1.05 bits per heavy atom. The van der Waals surface area contributed by atoms with Gasteiger partial charge in [-0.15, -0.1) is 0 Å². The maximum atomic E-state index is 10.1. The van der Waals surface area contributed by atoms with Gasteiger partial charge in [0.2, 0.25) is 0 Å². The smallest absolute Gasteiger partial charge is 0.0692 e. The first-order valence-electron chi connectivity index (χ1n) is 8.35. The number of nitrogens with zero attached hydrogens (tertiary/aromatic N) is 2. The van der Waals surface area contributed by atoms with E-state index in [2.05, 4.69) is 23.6 Å². The molecule has 0 aromatic carbocycles. The van der Waals surface area contributed by atoms with Crippen LogP contribution in [0, 0.1) is 5.92 Å². The fourth-order valence-corrected chi connectivity index (χ4v) is 3.47. The fourth-order valence-electron chi connectivity index (χ4n) is 3.47. The van der Waals surface area contributed by atoms with Crippen molar-refractivity contribution in [2.45, 2.75) is 64.5 Å². The lowest BCUT2D eigenvalue weighted by atomic mass is 9.97. The van der Waals surface area contributed by atoms with Crippen molar-refractivity contribution in [2.24, 2.45) is 5.92 Å². The molecule has 1 N–H and O–H groups in total. The minimum Gasteiger partial charge on any atom is -0.392 e. The molecule has 3 nitrogen and oxygen atoms in total. The van der Waals surface area contributed by atoms with E-state index in [-0.39, 0.29) is 6.10 Å². The quantitative estimate of drug-likeness (QED) is 0.829. The van der Waals surface area contributed by atoms with Gasteiger partial charge in [-0.1, -0.05) is 26.7 Å². The second-order valence-corrected chi connectivity index (χ2v) is 6.58. The number of β-amino-alcohol motifs (C(OH)–C–C–N with tert-alkyl or cyclic N) is 1. The topological polar surface area (TPSA) is 26.7 Å². The molecule has 2 aliphatic heterocycles. The van der Waals surface area contributed by atoms with Gasteiger partial charge in [-0.2, -0.15) is 0 Å². The van der Waals surface area contributed by atoms with E-state index in [0.717, 1.165) is 19.0 Å². The van der Waals surface area contributed by atoms with Crippen molar-refractivity contribution >= 4 is 0 Å². The zero-order chi connectivity index (χ0) is 13.7. The molecular weight excluding hydrogens is 236 g/mol. The molecule has 0 radical (unpaired) electrons. The van der Waals surface area contributed by atoms with Gasteiger partial charge in [0.1, 0.15) is 0 Å². The van der Waals surface area contributed by atoms with Crippen LogP contribution in [-0.4, -0.2) is 59.8 Å². The highest BCUT2D eigenvalue weighted by molar-refractivity contribution is 4.82. The third-order valence-electron chi connectivity index (χ3n) is 5.21. The molecular formula is C16H32N2O. The summed E-state index contributed by atoms with van der Waals surface area (Å²) >= 11 is 0. The van der Waals surface area contributed by atoms with Crippen LogP contribution in [0.5, 0.6) is 0 Å². The zero-order valence-corrected chi connectivity index (χ0v) is 12.9. The SMILES string of the molecule is CCC(C)C(O)CN1CCC(N2CCCCC2)CC1. The number of hydrogen-bond donors (Lipinski definition) is 1. The van der Waals surface area contributed by atoms with Gasteiger partial charge < -0.3 is 14.9 Å². The van der Waals surface area contributed by atoms with E-state index in [0.29, 0.717) is 5.92 Å². The largest absolute Gasteiger partial charge is 0.392 e. The Balaban J connectivity index is 1.70. The minimum atomic E-state index is -0.142. The van der Waals surface area contributed by atoms with E-state index in [4.69, 9.17) is 0 Å². The summed E-state index contributed by atoms with van der Waals surface area (Å²) in [5, 5.41) is 10.1. The predicted molar refractivity (Wildman–Crippen MR) is 80.3 cm³/mol. The molecule has 0 spiro atoms. The van der Waals surface area contributed by atoms with Gasteiger partial charge in [0.25, 0.3) is 0 Å². The van der Waals surface area contributed by atoms with Crippen LogP contribution in [0.25, 0.3) is 0 Å². The van der Waals surface area contributed by atoms with Gasteiger partial charge in [0.05, 0.1) is 6.10 Å². The molecule has 2 rings (SSSR count). The van der Waals surface area contributed by atoms with Gasteiger partial charge >= 0.3 is 0 Å². The van der Waals surface area contributed by atoms with Crippen LogP contribution < -0.4 is 0 Å². The van der Waals surface area contributed by atoms with E-state index in [1.54, 1.807) is 0 Å². The summed E-state index contributed by atoms with van der Waals surface area (Å²) in [6.45, 7) is 10.2. The summed E-state index contributed by atoms with van der Waals surface area (Å²) in [7, 11) is 0. The van der Waals surface area contributed by atoms with E-state index >= 15 is 0 Å². The van der Waals surface area contributed by atoms with Crippen LogP contribution >= 0.6 is 0 Å². The molecule has 3 heteroatoms. The summed E-state index contributed by atoms with van der Waals surface area (Å²) < 4.78 is 0. The van der Waals surface area contributed by atoms with Gasteiger partial charge in [-0.05, 0) is 57.8 Å². The van der Waals surface area contributed by atoms with Crippen LogP contribution in [0.2, 0.25) is 0 Å². The van der Waals surface area contributed by atoms with Crippen LogP contribution in [0.1, 0.15) is 52.4 Å². The summed E-state index contributed by atoms with van der Waals surface area (Å²) in [6, 6.07) is 0.817. The molecule has 0 bridgehead atoms. The molecule has 112 valence electrons. The average Bonchev–Trinajstić information content (AvgIpc) is 2.48. The molecule has 2 aliphatic rings. The maximum absolute atomic E-state index is 10.1. The molecule has 0 aliphatic carbocycles. The summed E-state index contributed by atoms with van der Waals surface area (Å²) in [5.74, 6) is 0.430. The first kappa shape index (κ1) is 15.3. The second-order valence-electron chi connectivity index (χ2n) is 6.58. The van der Waals surface area contributed by atoms with Gasteiger partial charge in [-0.25, -0.2) is 0 Å². The third-order valence-corrected chi connectivity index (χ3v) is 5.21. The molecule has 0 saturated carbocycles. The van der Waals surface area contributed by atoms with Crippen molar-refractivity contribution < 1.29 is 5.11 Å². The molecule has 2 unspecified atom stereocenters. The summed E-state index contributed by atoms with van der Waals surface area (Å²) in [4.78, 5) is 5.18. The lowest BCUT2D eigenvalue weighted by Crippen LogP contribution is -2.48. The monoisotopic (exact) mass is 268 g/mol. The van der Waals surface area contributed by atoms with Crippen molar-refractivity contribution in [3.05, 3.63) is 0 Å². The number of rotatable bonds is 5. The molecule has 2 heterocycles. The second kappa shape index (κ2) is 7.61. The lowest BCUT2D eigenvalue weighted by Gasteiger charge is -2.41. The van der Waals surface area contributed by atoms with Crippen LogP contribution in [0.4, 0.5) is 0 Å². The highest BCUT2D eigenvalue weighted by Gasteiger charge is 2.26. The van der Waals surface area contributed by atoms with Crippen molar-refractivity contribution in [1.29, 1.82) is 0 Å². The summed E-state index contributed by atoms with van der Waals surface area (Å²) in [5.41, 5.74) is 0. The van der Waals surface area contributed by atoms with Crippen molar-refractivity contribution in [1.82, 2.24) is 9.80 Å². The standard InChI is InChI=1S/C16H32N2O/c1-3-14(2)16(19)13-17-11-7-15(8-12-17)18-9-5-4-6-10-18/h14-16,19H,3-13H2,1-2H3. The normalized spacial score (nSPS) is 27.3. The Bertz CT molecular complexity index is 245. The number of hydrogen-bond acceptors (Lipinski definition) is 3.